The molecule has 0 aromatic heterocycles. The first-order chi connectivity index (χ1) is 9.23. The standard InChI is InChI=1S/C15H30N2O2/c1-4-11-5-6-12(8-16)13(7-11)17-9-14(18-2)15(10-17)19-3/h11-15H,4-10,16H2,1-3H3. The summed E-state index contributed by atoms with van der Waals surface area (Å²) in [5.74, 6) is 1.52. The third-order valence-corrected chi connectivity index (χ3v) is 5.26. The lowest BCUT2D eigenvalue weighted by atomic mass is 9.76. The van der Waals surface area contributed by atoms with Crippen LogP contribution < -0.4 is 5.73 Å². The van der Waals surface area contributed by atoms with Gasteiger partial charge in [-0.25, -0.2) is 0 Å². The number of hydrogen-bond acceptors (Lipinski definition) is 4. The molecule has 0 radical (unpaired) electrons. The molecule has 0 aromatic rings. The van der Waals surface area contributed by atoms with Crippen molar-refractivity contribution in [2.75, 3.05) is 33.9 Å². The Kier molecular flexibility index (Phi) is 5.63. The Morgan fingerprint density at radius 2 is 1.74 bits per heavy atom. The van der Waals surface area contributed by atoms with Crippen LogP contribution in [0.1, 0.15) is 32.6 Å². The molecule has 5 atom stereocenters. The van der Waals surface area contributed by atoms with Crippen molar-refractivity contribution in [2.24, 2.45) is 17.6 Å². The Labute approximate surface area is 117 Å². The summed E-state index contributed by atoms with van der Waals surface area (Å²) in [6, 6.07) is 0.626. The largest absolute Gasteiger partial charge is 0.377 e. The molecule has 4 heteroatoms. The van der Waals surface area contributed by atoms with Crippen molar-refractivity contribution in [3.8, 4) is 0 Å². The zero-order chi connectivity index (χ0) is 13.8. The van der Waals surface area contributed by atoms with Gasteiger partial charge in [0.25, 0.3) is 0 Å². The number of methoxy groups -OCH3 is 2. The fourth-order valence-corrected chi connectivity index (χ4v) is 3.88. The number of likely N-dealkylation sites (tertiary alicyclic amines) is 1. The second-order valence-corrected chi connectivity index (χ2v) is 6.15. The van der Waals surface area contributed by atoms with E-state index in [1.165, 1.54) is 25.7 Å². The highest BCUT2D eigenvalue weighted by Crippen LogP contribution is 2.35. The van der Waals surface area contributed by atoms with Gasteiger partial charge < -0.3 is 15.2 Å². The van der Waals surface area contributed by atoms with Gasteiger partial charge in [-0.1, -0.05) is 19.8 Å². The average molecular weight is 270 g/mol. The van der Waals surface area contributed by atoms with E-state index in [1.807, 2.05) is 0 Å². The van der Waals surface area contributed by atoms with E-state index in [0.29, 0.717) is 12.0 Å². The lowest BCUT2D eigenvalue weighted by molar-refractivity contribution is -0.00461. The summed E-state index contributed by atoms with van der Waals surface area (Å²) < 4.78 is 11.1. The van der Waals surface area contributed by atoms with E-state index in [1.54, 1.807) is 14.2 Å². The minimum atomic E-state index is 0.213. The van der Waals surface area contributed by atoms with Gasteiger partial charge in [-0.2, -0.15) is 0 Å². The van der Waals surface area contributed by atoms with Gasteiger partial charge in [0.2, 0.25) is 0 Å². The maximum atomic E-state index is 5.99. The highest BCUT2D eigenvalue weighted by Gasteiger charge is 2.40. The third-order valence-electron chi connectivity index (χ3n) is 5.26. The zero-order valence-corrected chi connectivity index (χ0v) is 12.7. The number of nitrogens with zero attached hydrogens (tertiary/aromatic N) is 1. The fraction of sp³-hybridized carbons (Fsp3) is 1.00. The zero-order valence-electron chi connectivity index (χ0n) is 12.7. The molecule has 0 amide bonds. The first-order valence-corrected chi connectivity index (χ1v) is 7.73. The molecule has 1 heterocycles. The molecular formula is C15H30N2O2. The Balaban J connectivity index is 2.01. The molecule has 1 saturated carbocycles. The smallest absolute Gasteiger partial charge is 0.0971 e. The highest BCUT2D eigenvalue weighted by molar-refractivity contribution is 4.94. The average Bonchev–Trinajstić information content (AvgIpc) is 2.89. The summed E-state index contributed by atoms with van der Waals surface area (Å²) >= 11 is 0. The van der Waals surface area contributed by atoms with E-state index < -0.39 is 0 Å². The van der Waals surface area contributed by atoms with Gasteiger partial charge in [0, 0.05) is 33.4 Å². The molecular weight excluding hydrogens is 240 g/mol. The van der Waals surface area contributed by atoms with Crippen molar-refractivity contribution >= 4 is 0 Å². The molecule has 5 unspecified atom stereocenters. The lowest BCUT2D eigenvalue weighted by Gasteiger charge is -2.40. The first-order valence-electron chi connectivity index (χ1n) is 7.73. The molecule has 2 rings (SSSR count). The predicted molar refractivity (Wildman–Crippen MR) is 77.1 cm³/mol. The summed E-state index contributed by atoms with van der Waals surface area (Å²) in [5, 5.41) is 0. The molecule has 2 N–H and O–H groups in total. The molecule has 0 bridgehead atoms. The van der Waals surface area contributed by atoms with Crippen LogP contribution in [0.4, 0.5) is 0 Å². The van der Waals surface area contributed by atoms with Gasteiger partial charge in [-0.15, -0.1) is 0 Å². The summed E-state index contributed by atoms with van der Waals surface area (Å²) in [6.45, 7) is 5.11. The van der Waals surface area contributed by atoms with E-state index in [-0.39, 0.29) is 12.2 Å². The topological polar surface area (TPSA) is 47.7 Å². The Morgan fingerprint density at radius 3 is 2.21 bits per heavy atom. The van der Waals surface area contributed by atoms with Crippen molar-refractivity contribution in [3.05, 3.63) is 0 Å². The Bertz CT molecular complexity index is 263. The van der Waals surface area contributed by atoms with Gasteiger partial charge in [0.15, 0.2) is 0 Å². The minimum Gasteiger partial charge on any atom is -0.377 e. The minimum absolute atomic E-state index is 0.213. The fourth-order valence-electron chi connectivity index (χ4n) is 3.88. The molecule has 2 fully saturated rings. The highest BCUT2D eigenvalue weighted by atomic mass is 16.5. The Morgan fingerprint density at radius 1 is 1.11 bits per heavy atom. The molecule has 1 aliphatic carbocycles. The SMILES string of the molecule is CCC1CCC(CN)C(N2CC(OC)C(OC)C2)C1. The van der Waals surface area contributed by atoms with Crippen LogP contribution >= 0.6 is 0 Å². The number of nitrogens with two attached hydrogens (primary N) is 1. The van der Waals surface area contributed by atoms with Gasteiger partial charge in [-0.05, 0) is 31.2 Å². The molecule has 0 spiro atoms. The quantitative estimate of drug-likeness (QED) is 0.822. The molecule has 112 valence electrons. The van der Waals surface area contributed by atoms with Crippen LogP contribution in [0.5, 0.6) is 0 Å². The molecule has 4 nitrogen and oxygen atoms in total. The van der Waals surface area contributed by atoms with Crippen LogP contribution in [-0.2, 0) is 9.47 Å². The normalized spacial score (nSPS) is 40.7. The third kappa shape index (κ3) is 3.30. The van der Waals surface area contributed by atoms with E-state index in [2.05, 4.69) is 11.8 Å². The molecule has 0 aromatic carbocycles. The Hall–Kier alpha value is -0.160. The predicted octanol–water partition coefficient (Wildman–Crippen LogP) is 1.49. The van der Waals surface area contributed by atoms with Crippen molar-refractivity contribution < 1.29 is 9.47 Å². The molecule has 1 aliphatic heterocycles. The monoisotopic (exact) mass is 270 g/mol. The first kappa shape index (κ1) is 15.2. The van der Waals surface area contributed by atoms with Crippen molar-refractivity contribution in [1.29, 1.82) is 0 Å². The van der Waals surface area contributed by atoms with Crippen LogP contribution in [0, 0.1) is 11.8 Å². The van der Waals surface area contributed by atoms with Crippen molar-refractivity contribution in [2.45, 2.75) is 50.9 Å². The molecule has 1 saturated heterocycles. The van der Waals surface area contributed by atoms with E-state index >= 15 is 0 Å². The molecule has 19 heavy (non-hydrogen) atoms. The van der Waals surface area contributed by atoms with E-state index in [4.69, 9.17) is 15.2 Å². The summed E-state index contributed by atoms with van der Waals surface area (Å²) in [4.78, 5) is 2.57. The number of rotatable bonds is 5. The van der Waals surface area contributed by atoms with Gasteiger partial charge in [-0.3, -0.25) is 4.90 Å². The van der Waals surface area contributed by atoms with E-state index in [9.17, 15) is 0 Å². The van der Waals surface area contributed by atoms with Crippen LogP contribution in [0.2, 0.25) is 0 Å². The second-order valence-electron chi connectivity index (χ2n) is 6.15. The number of hydrogen-bond donors (Lipinski definition) is 1. The summed E-state index contributed by atoms with van der Waals surface area (Å²) in [7, 11) is 3.58. The van der Waals surface area contributed by atoms with Gasteiger partial charge >= 0.3 is 0 Å². The van der Waals surface area contributed by atoms with Crippen LogP contribution in [0.25, 0.3) is 0 Å². The number of ether oxygens (including phenoxy) is 2. The maximum Gasteiger partial charge on any atom is 0.0971 e. The van der Waals surface area contributed by atoms with Gasteiger partial charge in [0.05, 0.1) is 12.2 Å². The van der Waals surface area contributed by atoms with Gasteiger partial charge in [0.1, 0.15) is 0 Å². The second kappa shape index (κ2) is 7.02. The molecule has 2 aliphatic rings. The lowest BCUT2D eigenvalue weighted by Crippen LogP contribution is -2.46. The maximum absolute atomic E-state index is 5.99. The summed E-state index contributed by atoms with van der Waals surface area (Å²) in [5.41, 5.74) is 5.99. The van der Waals surface area contributed by atoms with Crippen molar-refractivity contribution in [1.82, 2.24) is 4.90 Å². The van der Waals surface area contributed by atoms with Crippen molar-refractivity contribution in [3.63, 3.8) is 0 Å². The van der Waals surface area contributed by atoms with Crippen LogP contribution in [0.3, 0.4) is 0 Å². The summed E-state index contributed by atoms with van der Waals surface area (Å²) in [6.07, 6.45) is 5.65. The van der Waals surface area contributed by atoms with Crippen LogP contribution in [0.15, 0.2) is 0 Å². The van der Waals surface area contributed by atoms with Crippen LogP contribution in [-0.4, -0.2) is 57.0 Å². The van der Waals surface area contributed by atoms with E-state index in [0.717, 1.165) is 25.6 Å².